The van der Waals surface area contributed by atoms with Crippen LogP contribution in [0.3, 0.4) is 0 Å². The van der Waals surface area contributed by atoms with Crippen molar-refractivity contribution in [2.75, 3.05) is 0 Å². The first-order valence-corrected chi connectivity index (χ1v) is 4.83. The Morgan fingerprint density at radius 3 is 2.93 bits per heavy atom. The smallest absolute Gasteiger partial charge is 0.251 e. The Labute approximate surface area is 91.0 Å². The Morgan fingerprint density at radius 1 is 1.53 bits per heavy atom. The van der Waals surface area contributed by atoms with Crippen molar-refractivity contribution in [1.82, 2.24) is 19.1 Å². The van der Waals surface area contributed by atoms with Gasteiger partial charge < -0.3 is 9.13 Å². The number of H-pyrrole nitrogens is 1. The van der Waals surface area contributed by atoms with E-state index in [2.05, 4.69) is 9.97 Å². The molecule has 5 nitrogen and oxygen atoms in total. The predicted molar refractivity (Wildman–Crippen MR) is 58.2 cm³/mol. The molecule has 0 bridgehead atoms. The largest absolute Gasteiger partial charge is 0.337 e. The highest BCUT2D eigenvalue weighted by Gasteiger charge is 2.00. The van der Waals surface area contributed by atoms with Crippen LogP contribution in [0.4, 0.5) is 0 Å². The second-order valence-corrected chi connectivity index (χ2v) is 3.58. The van der Waals surface area contributed by atoms with Crippen LogP contribution in [-0.4, -0.2) is 19.1 Å². The number of nitrogens with one attached hydrogen (secondary N) is 1. The lowest BCUT2D eigenvalue weighted by Crippen LogP contribution is -2.13. The van der Waals surface area contributed by atoms with E-state index in [9.17, 15) is 4.79 Å². The van der Waals surface area contributed by atoms with Crippen molar-refractivity contribution in [2.24, 2.45) is 7.05 Å². The summed E-state index contributed by atoms with van der Waals surface area (Å²) in [6, 6.07) is 1.44. The van der Waals surface area contributed by atoms with Crippen LogP contribution in [0, 0.1) is 4.77 Å². The molecule has 0 aliphatic heterocycles. The summed E-state index contributed by atoms with van der Waals surface area (Å²) in [5, 5.41) is 0. The quantitative estimate of drug-likeness (QED) is 0.760. The molecule has 0 aromatic carbocycles. The molecule has 2 aromatic heterocycles. The topological polar surface area (TPSA) is 55.6 Å². The number of aromatic nitrogens is 4. The van der Waals surface area contributed by atoms with Crippen molar-refractivity contribution in [3.63, 3.8) is 0 Å². The van der Waals surface area contributed by atoms with Gasteiger partial charge in [-0.3, -0.25) is 9.78 Å². The maximum absolute atomic E-state index is 11.0. The average molecular weight is 222 g/mol. The normalized spacial score (nSPS) is 10.5. The van der Waals surface area contributed by atoms with Gasteiger partial charge in [-0.05, 0) is 12.2 Å². The summed E-state index contributed by atoms with van der Waals surface area (Å²) in [5.41, 5.74) is -0.184. The van der Waals surface area contributed by atoms with Gasteiger partial charge in [0.1, 0.15) is 5.82 Å². The average Bonchev–Trinajstić information content (AvgIpc) is 2.57. The zero-order chi connectivity index (χ0) is 10.8. The third-order valence-corrected chi connectivity index (χ3v) is 2.47. The van der Waals surface area contributed by atoms with Crippen LogP contribution >= 0.6 is 12.2 Å². The highest BCUT2D eigenvalue weighted by Crippen LogP contribution is 1.98. The number of hydrogen-bond donors (Lipinski definition) is 1. The van der Waals surface area contributed by atoms with Gasteiger partial charge in [0.15, 0.2) is 4.77 Å². The molecule has 0 saturated carbocycles. The van der Waals surface area contributed by atoms with Gasteiger partial charge >= 0.3 is 0 Å². The summed E-state index contributed by atoms with van der Waals surface area (Å²) in [6.45, 7) is 0.555. The van der Waals surface area contributed by atoms with E-state index in [0.717, 1.165) is 5.82 Å². The minimum Gasteiger partial charge on any atom is -0.337 e. The summed E-state index contributed by atoms with van der Waals surface area (Å²) < 4.78 is 4.08. The highest BCUT2D eigenvalue weighted by atomic mass is 32.1. The number of aryl methyl sites for hydroxylation is 1. The van der Waals surface area contributed by atoms with Gasteiger partial charge in [-0.25, -0.2) is 4.98 Å². The lowest BCUT2D eigenvalue weighted by molar-refractivity contribution is 0.673. The summed E-state index contributed by atoms with van der Waals surface area (Å²) in [7, 11) is 1.91. The van der Waals surface area contributed by atoms with E-state index in [-0.39, 0.29) is 5.56 Å². The number of aromatic amines is 1. The first-order valence-electron chi connectivity index (χ1n) is 4.43. The Kier molecular flexibility index (Phi) is 2.51. The number of hydrogen-bond acceptors (Lipinski definition) is 3. The minimum absolute atomic E-state index is 0.184. The standard InChI is InChI=1S/C9H10N4OS/c1-12-5-3-10-7(12)6-13-4-2-8(14)11-9(13)15/h2-5H,6H2,1H3,(H,11,14,15). The summed E-state index contributed by atoms with van der Waals surface area (Å²) >= 11 is 5.03. The molecule has 15 heavy (non-hydrogen) atoms. The van der Waals surface area contributed by atoms with Crippen LogP contribution in [-0.2, 0) is 13.6 Å². The van der Waals surface area contributed by atoms with Crippen LogP contribution in [0.5, 0.6) is 0 Å². The third-order valence-electron chi connectivity index (χ3n) is 2.13. The third kappa shape index (κ3) is 2.04. The lowest BCUT2D eigenvalue weighted by Gasteiger charge is -2.05. The molecule has 0 unspecified atom stereocenters. The summed E-state index contributed by atoms with van der Waals surface area (Å²) in [6.07, 6.45) is 5.26. The lowest BCUT2D eigenvalue weighted by atomic mass is 10.5. The van der Waals surface area contributed by atoms with Crippen molar-refractivity contribution < 1.29 is 0 Å². The van der Waals surface area contributed by atoms with Crippen molar-refractivity contribution in [1.29, 1.82) is 0 Å². The van der Waals surface area contributed by atoms with E-state index in [1.807, 2.05) is 17.8 Å². The number of nitrogens with zero attached hydrogens (tertiary/aromatic N) is 3. The molecule has 0 fully saturated rings. The second-order valence-electron chi connectivity index (χ2n) is 3.19. The molecular formula is C9H10N4OS. The molecule has 78 valence electrons. The van der Waals surface area contributed by atoms with Crippen LogP contribution in [0.2, 0.25) is 0 Å². The molecule has 0 aliphatic rings. The van der Waals surface area contributed by atoms with E-state index in [1.165, 1.54) is 6.07 Å². The fraction of sp³-hybridized carbons (Fsp3) is 0.222. The second kappa shape index (κ2) is 3.82. The first-order chi connectivity index (χ1) is 7.16. The van der Waals surface area contributed by atoms with Crippen molar-refractivity contribution >= 4 is 12.2 Å². The maximum Gasteiger partial charge on any atom is 0.251 e. The number of imidazole rings is 1. The van der Waals surface area contributed by atoms with Gasteiger partial charge in [0.25, 0.3) is 5.56 Å². The Hall–Kier alpha value is -1.69. The zero-order valence-corrected chi connectivity index (χ0v) is 8.99. The first kappa shape index (κ1) is 9.85. The van der Waals surface area contributed by atoms with Gasteiger partial charge in [0.2, 0.25) is 0 Å². The SMILES string of the molecule is Cn1ccnc1Cn1ccc(=O)[nH]c1=S. The van der Waals surface area contributed by atoms with E-state index in [0.29, 0.717) is 11.3 Å². The molecule has 0 atom stereocenters. The fourth-order valence-corrected chi connectivity index (χ4v) is 1.50. The molecule has 0 aliphatic carbocycles. The molecule has 0 radical (unpaired) electrons. The molecule has 2 heterocycles. The fourth-order valence-electron chi connectivity index (χ4n) is 1.27. The van der Waals surface area contributed by atoms with Crippen LogP contribution in [0.25, 0.3) is 0 Å². The van der Waals surface area contributed by atoms with Gasteiger partial charge in [-0.2, -0.15) is 0 Å². The Morgan fingerprint density at radius 2 is 2.33 bits per heavy atom. The van der Waals surface area contributed by atoms with Crippen molar-refractivity contribution in [3.8, 4) is 0 Å². The molecule has 6 heteroatoms. The molecule has 0 amide bonds. The molecular weight excluding hydrogens is 212 g/mol. The van der Waals surface area contributed by atoms with Gasteiger partial charge in [0, 0.05) is 31.7 Å². The van der Waals surface area contributed by atoms with Gasteiger partial charge in [0.05, 0.1) is 6.54 Å². The van der Waals surface area contributed by atoms with E-state index in [1.54, 1.807) is 17.0 Å². The molecule has 2 aromatic rings. The van der Waals surface area contributed by atoms with Crippen molar-refractivity contribution in [2.45, 2.75) is 6.54 Å². The Balaban J connectivity index is 2.37. The van der Waals surface area contributed by atoms with Crippen LogP contribution < -0.4 is 5.56 Å². The van der Waals surface area contributed by atoms with Crippen molar-refractivity contribution in [3.05, 3.63) is 45.6 Å². The van der Waals surface area contributed by atoms with Crippen LogP contribution in [0.15, 0.2) is 29.5 Å². The molecule has 0 spiro atoms. The maximum atomic E-state index is 11.0. The molecule has 1 N–H and O–H groups in total. The minimum atomic E-state index is -0.184. The highest BCUT2D eigenvalue weighted by molar-refractivity contribution is 7.71. The summed E-state index contributed by atoms with van der Waals surface area (Å²) in [4.78, 5) is 17.7. The molecule has 2 rings (SSSR count). The summed E-state index contributed by atoms with van der Waals surface area (Å²) in [5.74, 6) is 0.887. The predicted octanol–water partition coefficient (Wildman–Crippen LogP) is 0.688. The monoisotopic (exact) mass is 222 g/mol. The molecule has 0 saturated heterocycles. The Bertz CT molecular complexity index is 580. The van der Waals surface area contributed by atoms with Crippen LogP contribution in [0.1, 0.15) is 5.82 Å². The van der Waals surface area contributed by atoms with E-state index >= 15 is 0 Å². The number of rotatable bonds is 2. The van der Waals surface area contributed by atoms with Gasteiger partial charge in [-0.15, -0.1) is 0 Å². The van der Waals surface area contributed by atoms with E-state index < -0.39 is 0 Å². The van der Waals surface area contributed by atoms with E-state index in [4.69, 9.17) is 12.2 Å². The van der Waals surface area contributed by atoms with Gasteiger partial charge in [-0.1, -0.05) is 0 Å². The zero-order valence-electron chi connectivity index (χ0n) is 8.17.